The molecule has 0 heterocycles. The zero-order chi connectivity index (χ0) is 14.5. The first kappa shape index (κ1) is 15.8. The molecule has 19 heavy (non-hydrogen) atoms. The lowest BCUT2D eigenvalue weighted by Crippen LogP contribution is -2.50. The van der Waals surface area contributed by atoms with Crippen LogP contribution in [0.2, 0.25) is 5.02 Å². The summed E-state index contributed by atoms with van der Waals surface area (Å²) in [4.78, 5) is 12.1. The lowest BCUT2D eigenvalue weighted by molar-refractivity contribution is -0.121. The monoisotopic (exact) mass is 284 g/mol. The molecule has 0 atom stereocenters. The van der Waals surface area contributed by atoms with Crippen LogP contribution in [-0.4, -0.2) is 18.1 Å². The molecule has 3 N–H and O–H groups in total. The third-order valence-electron chi connectivity index (χ3n) is 3.20. The van der Waals surface area contributed by atoms with Crippen molar-refractivity contribution in [2.75, 3.05) is 11.9 Å². The minimum absolute atomic E-state index is 0.197. The lowest BCUT2D eigenvalue weighted by Gasteiger charge is -2.25. The maximum Gasteiger partial charge on any atom is 0.244 e. The number of nitrogens with one attached hydrogen (secondary N) is 1. The van der Waals surface area contributed by atoms with E-state index in [1.807, 2.05) is 20.8 Å². The first-order valence-electron chi connectivity index (χ1n) is 6.49. The summed E-state index contributed by atoms with van der Waals surface area (Å²) in [6.07, 6.45) is 1.17. The summed E-state index contributed by atoms with van der Waals surface area (Å²) in [5, 5.41) is 3.26. The second-order valence-corrected chi connectivity index (χ2v) is 4.80. The zero-order valence-electron chi connectivity index (χ0n) is 11.6. The molecule has 0 spiro atoms. The number of hydrogen-bond acceptors (Lipinski definition) is 3. The van der Waals surface area contributed by atoms with Gasteiger partial charge in [-0.2, -0.15) is 0 Å². The summed E-state index contributed by atoms with van der Waals surface area (Å²) in [5.41, 5.74) is 5.81. The van der Waals surface area contributed by atoms with Crippen molar-refractivity contribution >= 4 is 23.2 Å². The summed E-state index contributed by atoms with van der Waals surface area (Å²) in [5.74, 6) is 0.407. The number of ether oxygens (including phenoxy) is 1. The minimum Gasteiger partial charge on any atom is -0.492 e. The fourth-order valence-electron chi connectivity index (χ4n) is 1.68. The van der Waals surface area contributed by atoms with Crippen molar-refractivity contribution in [1.29, 1.82) is 0 Å². The Kier molecular flexibility index (Phi) is 5.63. The Morgan fingerprint density at radius 3 is 2.47 bits per heavy atom. The normalized spacial score (nSPS) is 11.2. The molecular formula is C14H21ClN2O2. The van der Waals surface area contributed by atoms with Gasteiger partial charge in [-0.1, -0.05) is 25.4 Å². The molecule has 0 bridgehead atoms. The highest BCUT2D eigenvalue weighted by molar-refractivity contribution is 6.32. The highest BCUT2D eigenvalue weighted by Crippen LogP contribution is 2.28. The summed E-state index contributed by atoms with van der Waals surface area (Å²) in [7, 11) is 0. The summed E-state index contributed by atoms with van der Waals surface area (Å²) in [6, 6.07) is 5.15. The smallest absolute Gasteiger partial charge is 0.244 e. The van der Waals surface area contributed by atoms with Gasteiger partial charge in [-0.05, 0) is 38.0 Å². The van der Waals surface area contributed by atoms with Crippen molar-refractivity contribution in [3.63, 3.8) is 0 Å². The third kappa shape index (κ3) is 3.85. The number of amides is 1. The molecule has 1 aromatic carbocycles. The molecule has 0 aromatic heterocycles. The van der Waals surface area contributed by atoms with Gasteiger partial charge in [0, 0.05) is 5.69 Å². The van der Waals surface area contributed by atoms with E-state index in [2.05, 4.69) is 5.32 Å². The Balaban J connectivity index is 2.83. The largest absolute Gasteiger partial charge is 0.492 e. The Hall–Kier alpha value is -1.26. The average Bonchev–Trinajstić information content (AvgIpc) is 2.41. The average molecular weight is 285 g/mol. The van der Waals surface area contributed by atoms with Crippen LogP contribution in [0.1, 0.15) is 33.6 Å². The van der Waals surface area contributed by atoms with Gasteiger partial charge in [0.05, 0.1) is 17.2 Å². The van der Waals surface area contributed by atoms with E-state index in [4.69, 9.17) is 22.1 Å². The summed E-state index contributed by atoms with van der Waals surface area (Å²) >= 11 is 6.07. The molecule has 0 unspecified atom stereocenters. The quantitative estimate of drug-likeness (QED) is 0.843. The number of rotatable bonds is 6. The summed E-state index contributed by atoms with van der Waals surface area (Å²) in [6.45, 7) is 6.22. The molecule has 1 amide bonds. The molecule has 0 aliphatic rings. The van der Waals surface area contributed by atoms with Gasteiger partial charge in [-0.15, -0.1) is 0 Å². The Morgan fingerprint density at radius 2 is 2.00 bits per heavy atom. The molecule has 0 fully saturated rings. The third-order valence-corrected chi connectivity index (χ3v) is 3.50. The van der Waals surface area contributed by atoms with Crippen molar-refractivity contribution in [1.82, 2.24) is 0 Å². The van der Waals surface area contributed by atoms with Crippen LogP contribution in [0.15, 0.2) is 18.2 Å². The molecule has 1 rings (SSSR count). The molecular weight excluding hydrogens is 264 g/mol. The predicted molar refractivity (Wildman–Crippen MR) is 78.8 cm³/mol. The van der Waals surface area contributed by atoms with Gasteiger partial charge in [0.15, 0.2) is 0 Å². The number of carbonyl (C=O) groups is 1. The van der Waals surface area contributed by atoms with Gasteiger partial charge in [-0.3, -0.25) is 4.79 Å². The van der Waals surface area contributed by atoms with Crippen molar-refractivity contribution in [3.05, 3.63) is 23.2 Å². The molecule has 0 saturated heterocycles. The number of nitrogens with two attached hydrogens (primary N) is 1. The van der Waals surface area contributed by atoms with Gasteiger partial charge in [-0.25, -0.2) is 0 Å². The number of hydrogen-bond donors (Lipinski definition) is 2. The molecule has 5 heteroatoms. The van der Waals surface area contributed by atoms with Gasteiger partial charge >= 0.3 is 0 Å². The van der Waals surface area contributed by atoms with Crippen molar-refractivity contribution in [3.8, 4) is 5.75 Å². The molecule has 0 saturated carbocycles. The topological polar surface area (TPSA) is 64.3 Å². The van der Waals surface area contributed by atoms with Crippen LogP contribution < -0.4 is 15.8 Å². The number of halogens is 1. The molecule has 0 radical (unpaired) electrons. The van der Waals surface area contributed by atoms with Crippen LogP contribution in [0.3, 0.4) is 0 Å². The number of carbonyl (C=O) groups excluding carboxylic acids is 1. The Labute approximate surface area is 119 Å². The fourth-order valence-corrected chi connectivity index (χ4v) is 1.91. The lowest BCUT2D eigenvalue weighted by atomic mass is 9.93. The van der Waals surface area contributed by atoms with E-state index in [0.717, 1.165) is 0 Å². The standard InChI is InChI=1S/C14H21ClN2O2/c1-4-14(16,5-2)13(18)17-10-7-8-12(19-6-3)11(15)9-10/h7-9H,4-6,16H2,1-3H3,(H,17,18). The van der Waals surface area contributed by atoms with Crippen LogP contribution >= 0.6 is 11.6 Å². The number of benzene rings is 1. The highest BCUT2D eigenvalue weighted by atomic mass is 35.5. The minimum atomic E-state index is -0.842. The van der Waals surface area contributed by atoms with Crippen LogP contribution in [0, 0.1) is 0 Å². The van der Waals surface area contributed by atoms with Crippen LogP contribution in [0.5, 0.6) is 5.75 Å². The van der Waals surface area contributed by atoms with Gasteiger partial charge < -0.3 is 15.8 Å². The highest BCUT2D eigenvalue weighted by Gasteiger charge is 2.29. The first-order chi connectivity index (χ1) is 8.96. The predicted octanol–water partition coefficient (Wildman–Crippen LogP) is 3.19. The fraction of sp³-hybridized carbons (Fsp3) is 0.500. The second kappa shape index (κ2) is 6.78. The first-order valence-corrected chi connectivity index (χ1v) is 6.87. The van der Waals surface area contributed by atoms with Crippen molar-refractivity contribution < 1.29 is 9.53 Å². The second-order valence-electron chi connectivity index (χ2n) is 4.40. The van der Waals surface area contributed by atoms with Gasteiger partial charge in [0.2, 0.25) is 5.91 Å². The van der Waals surface area contributed by atoms with E-state index in [1.165, 1.54) is 0 Å². The van der Waals surface area contributed by atoms with E-state index in [0.29, 0.717) is 35.9 Å². The molecule has 1 aromatic rings. The number of anilines is 1. The molecule has 0 aliphatic carbocycles. The van der Waals surface area contributed by atoms with Gasteiger partial charge in [0.1, 0.15) is 5.75 Å². The van der Waals surface area contributed by atoms with E-state index in [1.54, 1.807) is 18.2 Å². The van der Waals surface area contributed by atoms with E-state index >= 15 is 0 Å². The Bertz CT molecular complexity index is 445. The SMILES string of the molecule is CCOc1ccc(NC(=O)C(N)(CC)CC)cc1Cl. The van der Waals surface area contributed by atoms with Crippen LogP contribution in [0.25, 0.3) is 0 Å². The van der Waals surface area contributed by atoms with E-state index < -0.39 is 5.54 Å². The zero-order valence-corrected chi connectivity index (χ0v) is 12.4. The van der Waals surface area contributed by atoms with Crippen molar-refractivity contribution in [2.24, 2.45) is 5.73 Å². The van der Waals surface area contributed by atoms with E-state index in [9.17, 15) is 4.79 Å². The van der Waals surface area contributed by atoms with Crippen molar-refractivity contribution in [2.45, 2.75) is 39.2 Å². The van der Waals surface area contributed by atoms with E-state index in [-0.39, 0.29) is 5.91 Å². The maximum absolute atomic E-state index is 12.1. The molecule has 0 aliphatic heterocycles. The van der Waals surface area contributed by atoms with Crippen LogP contribution in [0.4, 0.5) is 5.69 Å². The molecule has 4 nitrogen and oxygen atoms in total. The van der Waals surface area contributed by atoms with Crippen LogP contribution in [-0.2, 0) is 4.79 Å². The Morgan fingerprint density at radius 1 is 1.37 bits per heavy atom. The van der Waals surface area contributed by atoms with Gasteiger partial charge in [0.25, 0.3) is 0 Å². The summed E-state index contributed by atoms with van der Waals surface area (Å²) < 4.78 is 5.34. The maximum atomic E-state index is 12.1. The molecule has 106 valence electrons.